The Hall–Kier alpha value is -2.31. The van der Waals surface area contributed by atoms with Gasteiger partial charge in [-0.3, -0.25) is 0 Å². The highest BCUT2D eigenvalue weighted by atomic mass is 15.1. The summed E-state index contributed by atoms with van der Waals surface area (Å²) in [5, 5.41) is 12.7. The van der Waals surface area contributed by atoms with Crippen LogP contribution in [0.15, 0.2) is 48.5 Å². The Morgan fingerprint density at radius 3 is 2.33 bits per heavy atom. The van der Waals surface area contributed by atoms with Gasteiger partial charge in [0.1, 0.15) is 0 Å². The Morgan fingerprint density at radius 2 is 1.62 bits per heavy atom. The van der Waals surface area contributed by atoms with Crippen molar-refractivity contribution < 1.29 is 0 Å². The Labute approximate surface area is 144 Å². The van der Waals surface area contributed by atoms with Crippen molar-refractivity contribution in [2.75, 3.05) is 31.5 Å². The molecule has 2 aromatic rings. The molecule has 3 nitrogen and oxygen atoms in total. The second-order valence-corrected chi connectivity index (χ2v) is 6.42. The summed E-state index contributed by atoms with van der Waals surface area (Å²) in [5.74, 6) is 0. The number of nitriles is 1. The fourth-order valence-corrected chi connectivity index (χ4v) is 3.32. The van der Waals surface area contributed by atoms with Crippen LogP contribution in [0.3, 0.4) is 0 Å². The minimum absolute atomic E-state index is 0.722. The van der Waals surface area contributed by atoms with Gasteiger partial charge in [-0.1, -0.05) is 43.2 Å². The van der Waals surface area contributed by atoms with E-state index in [1.807, 2.05) is 24.3 Å². The molecule has 0 saturated carbocycles. The quantitative estimate of drug-likeness (QED) is 0.881. The van der Waals surface area contributed by atoms with Crippen LogP contribution in [0.1, 0.15) is 31.2 Å². The van der Waals surface area contributed by atoms with Crippen molar-refractivity contribution in [1.82, 2.24) is 4.90 Å². The lowest BCUT2D eigenvalue weighted by atomic mass is 10.0. The molecule has 0 unspecified atom stereocenters. The Bertz CT molecular complexity index is 677. The van der Waals surface area contributed by atoms with Crippen LogP contribution in [-0.2, 0) is 0 Å². The van der Waals surface area contributed by atoms with E-state index in [1.165, 1.54) is 38.8 Å². The van der Waals surface area contributed by atoms with E-state index in [0.717, 1.165) is 35.5 Å². The van der Waals surface area contributed by atoms with Crippen molar-refractivity contribution in [3.63, 3.8) is 0 Å². The maximum atomic E-state index is 9.23. The van der Waals surface area contributed by atoms with E-state index in [2.05, 4.69) is 40.6 Å². The lowest BCUT2D eigenvalue weighted by molar-refractivity contribution is 0.296. The average Bonchev–Trinajstić information content (AvgIpc) is 2.91. The summed E-state index contributed by atoms with van der Waals surface area (Å²) < 4.78 is 0. The van der Waals surface area contributed by atoms with Gasteiger partial charge in [0.05, 0.1) is 11.6 Å². The maximum absolute atomic E-state index is 9.23. The Morgan fingerprint density at radius 1 is 0.917 bits per heavy atom. The molecule has 0 amide bonds. The molecule has 3 rings (SSSR count). The standard InChI is InChI=1S/C21H25N3/c22-17-19-7-3-4-8-21(19)18-9-11-20(12-10-18)23-13-16-24-14-5-1-2-6-15-24/h3-4,7-12,23H,1-2,5-6,13-16H2. The third kappa shape index (κ3) is 4.37. The summed E-state index contributed by atoms with van der Waals surface area (Å²) in [4.78, 5) is 2.57. The normalized spacial score (nSPS) is 15.5. The van der Waals surface area contributed by atoms with Crippen LogP contribution in [-0.4, -0.2) is 31.1 Å². The third-order valence-corrected chi connectivity index (χ3v) is 4.70. The van der Waals surface area contributed by atoms with Crippen molar-refractivity contribution in [2.24, 2.45) is 0 Å². The molecule has 1 N–H and O–H groups in total. The minimum Gasteiger partial charge on any atom is -0.384 e. The van der Waals surface area contributed by atoms with Gasteiger partial charge in [0.25, 0.3) is 0 Å². The predicted molar refractivity (Wildman–Crippen MR) is 100.0 cm³/mol. The summed E-state index contributed by atoms with van der Waals surface area (Å²) >= 11 is 0. The highest BCUT2D eigenvalue weighted by molar-refractivity contribution is 5.71. The van der Waals surface area contributed by atoms with Crippen LogP contribution in [0.25, 0.3) is 11.1 Å². The monoisotopic (exact) mass is 319 g/mol. The zero-order chi connectivity index (χ0) is 16.6. The number of likely N-dealkylation sites (tertiary alicyclic amines) is 1. The molecular weight excluding hydrogens is 294 g/mol. The van der Waals surface area contributed by atoms with Crippen molar-refractivity contribution in [2.45, 2.75) is 25.7 Å². The largest absolute Gasteiger partial charge is 0.384 e. The topological polar surface area (TPSA) is 39.1 Å². The molecule has 124 valence electrons. The molecule has 0 radical (unpaired) electrons. The Balaban J connectivity index is 1.56. The predicted octanol–water partition coefficient (Wildman–Crippen LogP) is 4.51. The highest BCUT2D eigenvalue weighted by Gasteiger charge is 2.08. The second kappa shape index (κ2) is 8.52. The van der Waals surface area contributed by atoms with Crippen molar-refractivity contribution in [3.8, 4) is 17.2 Å². The van der Waals surface area contributed by atoms with Crippen LogP contribution in [0.4, 0.5) is 5.69 Å². The molecule has 3 heteroatoms. The van der Waals surface area contributed by atoms with Crippen LogP contribution in [0.5, 0.6) is 0 Å². The first-order valence-corrected chi connectivity index (χ1v) is 8.92. The third-order valence-electron chi connectivity index (χ3n) is 4.70. The maximum Gasteiger partial charge on any atom is 0.0998 e. The minimum atomic E-state index is 0.722. The fraction of sp³-hybridized carbons (Fsp3) is 0.381. The van der Waals surface area contributed by atoms with E-state index in [0.29, 0.717) is 0 Å². The zero-order valence-corrected chi connectivity index (χ0v) is 14.2. The van der Waals surface area contributed by atoms with Gasteiger partial charge < -0.3 is 10.2 Å². The van der Waals surface area contributed by atoms with Crippen molar-refractivity contribution >= 4 is 5.69 Å². The molecule has 1 aliphatic heterocycles. The first-order chi connectivity index (χ1) is 11.9. The summed E-state index contributed by atoms with van der Waals surface area (Å²) in [6, 6.07) is 18.4. The first kappa shape index (κ1) is 16.5. The molecule has 0 spiro atoms. The molecule has 0 bridgehead atoms. The molecule has 2 aromatic carbocycles. The van der Waals surface area contributed by atoms with E-state index >= 15 is 0 Å². The summed E-state index contributed by atoms with van der Waals surface area (Å²) in [6.45, 7) is 4.57. The van der Waals surface area contributed by atoms with Crippen molar-refractivity contribution in [1.29, 1.82) is 5.26 Å². The number of nitrogens with zero attached hydrogens (tertiary/aromatic N) is 2. The van der Waals surface area contributed by atoms with Gasteiger partial charge in [-0.05, 0) is 55.3 Å². The van der Waals surface area contributed by atoms with E-state index in [-0.39, 0.29) is 0 Å². The van der Waals surface area contributed by atoms with Gasteiger partial charge in [0.2, 0.25) is 0 Å². The smallest absolute Gasteiger partial charge is 0.0998 e. The molecule has 0 atom stereocenters. The summed E-state index contributed by atoms with van der Waals surface area (Å²) in [5.41, 5.74) is 3.95. The summed E-state index contributed by atoms with van der Waals surface area (Å²) in [6.07, 6.45) is 5.45. The van der Waals surface area contributed by atoms with E-state index in [9.17, 15) is 5.26 Å². The zero-order valence-electron chi connectivity index (χ0n) is 14.2. The van der Waals surface area contributed by atoms with Gasteiger partial charge in [-0.2, -0.15) is 5.26 Å². The van der Waals surface area contributed by atoms with Crippen LogP contribution < -0.4 is 5.32 Å². The SMILES string of the molecule is N#Cc1ccccc1-c1ccc(NCCN2CCCCCC2)cc1. The summed E-state index contributed by atoms with van der Waals surface area (Å²) in [7, 11) is 0. The van der Waals surface area contributed by atoms with Gasteiger partial charge in [-0.15, -0.1) is 0 Å². The fourth-order valence-electron chi connectivity index (χ4n) is 3.32. The molecule has 0 aliphatic carbocycles. The van der Waals surface area contributed by atoms with Gasteiger partial charge in [0.15, 0.2) is 0 Å². The van der Waals surface area contributed by atoms with E-state index < -0.39 is 0 Å². The molecule has 1 aliphatic rings. The highest BCUT2D eigenvalue weighted by Crippen LogP contribution is 2.24. The Kier molecular flexibility index (Phi) is 5.87. The number of benzene rings is 2. The molecule has 1 fully saturated rings. The number of rotatable bonds is 5. The number of hydrogen-bond acceptors (Lipinski definition) is 3. The van der Waals surface area contributed by atoms with Crippen molar-refractivity contribution in [3.05, 3.63) is 54.1 Å². The van der Waals surface area contributed by atoms with Crippen LogP contribution >= 0.6 is 0 Å². The second-order valence-electron chi connectivity index (χ2n) is 6.42. The molecule has 1 heterocycles. The van der Waals surface area contributed by atoms with Gasteiger partial charge >= 0.3 is 0 Å². The van der Waals surface area contributed by atoms with E-state index in [1.54, 1.807) is 0 Å². The van der Waals surface area contributed by atoms with Gasteiger partial charge in [0, 0.05) is 18.8 Å². The lowest BCUT2D eigenvalue weighted by Gasteiger charge is -2.20. The first-order valence-electron chi connectivity index (χ1n) is 8.92. The average molecular weight is 319 g/mol. The van der Waals surface area contributed by atoms with Crippen LogP contribution in [0.2, 0.25) is 0 Å². The molecule has 0 aromatic heterocycles. The molecular formula is C21H25N3. The number of anilines is 1. The number of nitrogens with one attached hydrogen (secondary N) is 1. The van der Waals surface area contributed by atoms with Gasteiger partial charge in [-0.25, -0.2) is 0 Å². The lowest BCUT2D eigenvalue weighted by Crippen LogP contribution is -2.29. The number of hydrogen-bond donors (Lipinski definition) is 1. The molecule has 1 saturated heterocycles. The van der Waals surface area contributed by atoms with E-state index in [4.69, 9.17) is 0 Å². The van der Waals surface area contributed by atoms with Crippen LogP contribution in [0, 0.1) is 11.3 Å². The molecule has 24 heavy (non-hydrogen) atoms.